The van der Waals surface area contributed by atoms with Gasteiger partial charge < -0.3 is 4.90 Å². The molecule has 0 radical (unpaired) electrons. The van der Waals surface area contributed by atoms with E-state index in [1.54, 1.807) is 12.1 Å². The second kappa shape index (κ2) is 8.64. The van der Waals surface area contributed by atoms with Crippen molar-refractivity contribution in [2.45, 2.75) is 76.3 Å². The SMILES string of the molecule is O=C(c1ccc(C(=O)N(C2CCCCC2)C2CCCCC2)cc1)N(O)O. The number of nitrogens with zero attached hydrogens (tertiary/aromatic N) is 2. The molecule has 2 fully saturated rings. The van der Waals surface area contributed by atoms with Crippen LogP contribution in [0.4, 0.5) is 0 Å². The minimum absolute atomic E-state index is 0.0349. The zero-order valence-corrected chi connectivity index (χ0v) is 15.1. The quantitative estimate of drug-likeness (QED) is 0.628. The molecule has 1 aromatic carbocycles. The lowest BCUT2D eigenvalue weighted by atomic mass is 9.88. The third-order valence-corrected chi connectivity index (χ3v) is 5.73. The molecule has 3 rings (SSSR count). The first-order valence-electron chi connectivity index (χ1n) is 9.73. The number of benzene rings is 1. The maximum absolute atomic E-state index is 13.3. The fourth-order valence-corrected chi connectivity index (χ4v) is 4.37. The summed E-state index contributed by atoms with van der Waals surface area (Å²) in [5.74, 6) is -0.881. The van der Waals surface area contributed by atoms with Gasteiger partial charge in [-0.1, -0.05) is 43.8 Å². The van der Waals surface area contributed by atoms with Crippen LogP contribution >= 0.6 is 0 Å². The summed E-state index contributed by atoms with van der Waals surface area (Å²) in [5.41, 5.74) is 0.688. The Bertz CT molecular complexity index is 599. The normalized spacial score (nSPS) is 19.2. The fourth-order valence-electron chi connectivity index (χ4n) is 4.37. The topological polar surface area (TPSA) is 81.1 Å². The standard InChI is InChI=1S/C20H28N2O4/c23-19(15-11-13-16(14-12-15)20(24)22(25)26)21(17-7-3-1-4-8-17)18-9-5-2-6-10-18/h11-14,17-18,25-26H,1-10H2. The number of hydrogen-bond donors (Lipinski definition) is 2. The van der Waals surface area contributed by atoms with Gasteiger partial charge in [0, 0.05) is 23.2 Å². The lowest BCUT2D eigenvalue weighted by Crippen LogP contribution is -2.48. The number of rotatable bonds is 4. The molecule has 0 aromatic heterocycles. The monoisotopic (exact) mass is 360 g/mol. The Balaban J connectivity index is 1.80. The van der Waals surface area contributed by atoms with E-state index < -0.39 is 11.1 Å². The van der Waals surface area contributed by atoms with Crippen LogP contribution in [0.25, 0.3) is 0 Å². The number of carbonyl (C=O) groups is 2. The Hall–Kier alpha value is -1.92. The van der Waals surface area contributed by atoms with Crippen molar-refractivity contribution in [2.24, 2.45) is 0 Å². The zero-order valence-electron chi connectivity index (χ0n) is 15.1. The van der Waals surface area contributed by atoms with Gasteiger partial charge >= 0.3 is 5.91 Å². The summed E-state index contributed by atoms with van der Waals surface area (Å²) in [4.78, 5) is 27.0. The summed E-state index contributed by atoms with van der Waals surface area (Å²) in [6.07, 6.45) is 11.5. The van der Waals surface area contributed by atoms with Gasteiger partial charge in [-0.3, -0.25) is 20.0 Å². The van der Waals surface area contributed by atoms with Crippen LogP contribution < -0.4 is 0 Å². The molecular formula is C20H28N2O4. The van der Waals surface area contributed by atoms with Gasteiger partial charge in [0.2, 0.25) is 0 Å². The van der Waals surface area contributed by atoms with Crippen LogP contribution in [-0.4, -0.2) is 44.4 Å². The molecule has 2 saturated carbocycles. The van der Waals surface area contributed by atoms with Crippen LogP contribution in [0.1, 0.15) is 84.9 Å². The maximum atomic E-state index is 13.3. The van der Waals surface area contributed by atoms with Crippen LogP contribution in [0.2, 0.25) is 0 Å². The molecule has 2 aliphatic carbocycles. The van der Waals surface area contributed by atoms with Gasteiger partial charge in [-0.25, -0.2) is 0 Å². The molecule has 0 spiro atoms. The van der Waals surface area contributed by atoms with Gasteiger partial charge in [0.15, 0.2) is 0 Å². The first-order chi connectivity index (χ1) is 12.6. The summed E-state index contributed by atoms with van der Waals surface area (Å²) in [6.45, 7) is 0. The van der Waals surface area contributed by atoms with Crippen molar-refractivity contribution in [2.75, 3.05) is 0 Å². The van der Waals surface area contributed by atoms with Crippen molar-refractivity contribution in [3.8, 4) is 0 Å². The van der Waals surface area contributed by atoms with Crippen molar-refractivity contribution in [3.05, 3.63) is 35.4 Å². The third kappa shape index (κ3) is 4.24. The Morgan fingerprint density at radius 1 is 0.692 bits per heavy atom. The van der Waals surface area contributed by atoms with Gasteiger partial charge in [0.25, 0.3) is 5.91 Å². The molecule has 1 aromatic rings. The maximum Gasteiger partial charge on any atom is 0.303 e. The summed E-state index contributed by atoms with van der Waals surface area (Å²) in [5, 5.41) is 17.3. The second-order valence-electron chi connectivity index (χ2n) is 7.47. The largest absolute Gasteiger partial charge is 0.333 e. The highest BCUT2D eigenvalue weighted by molar-refractivity contribution is 5.97. The first kappa shape index (κ1) is 18.9. The van der Waals surface area contributed by atoms with E-state index in [4.69, 9.17) is 10.4 Å². The summed E-state index contributed by atoms with van der Waals surface area (Å²) in [6, 6.07) is 6.77. The molecule has 0 saturated heterocycles. The van der Waals surface area contributed by atoms with E-state index in [2.05, 4.69) is 4.90 Å². The smallest absolute Gasteiger partial charge is 0.303 e. The van der Waals surface area contributed by atoms with E-state index in [0.29, 0.717) is 17.6 Å². The molecule has 0 unspecified atom stereocenters. The minimum atomic E-state index is -0.916. The lowest BCUT2D eigenvalue weighted by Gasteiger charge is -2.42. The molecule has 2 amide bonds. The highest BCUT2D eigenvalue weighted by Gasteiger charge is 2.33. The van der Waals surface area contributed by atoms with Crippen LogP contribution in [0.15, 0.2) is 24.3 Å². The van der Waals surface area contributed by atoms with Crippen molar-refractivity contribution < 1.29 is 20.0 Å². The molecule has 26 heavy (non-hydrogen) atoms. The summed E-state index contributed by atoms with van der Waals surface area (Å²) in [7, 11) is 0. The number of carbonyl (C=O) groups excluding carboxylic acids is 2. The molecule has 6 nitrogen and oxygen atoms in total. The molecule has 142 valence electrons. The molecule has 0 bridgehead atoms. The van der Waals surface area contributed by atoms with Crippen molar-refractivity contribution in [1.82, 2.24) is 10.1 Å². The van der Waals surface area contributed by atoms with Gasteiger partial charge in [0.1, 0.15) is 0 Å². The summed E-state index contributed by atoms with van der Waals surface area (Å²) >= 11 is 0. The van der Waals surface area contributed by atoms with Gasteiger partial charge in [-0.05, 0) is 49.9 Å². The van der Waals surface area contributed by atoms with Crippen LogP contribution in [0.5, 0.6) is 0 Å². The van der Waals surface area contributed by atoms with Crippen molar-refractivity contribution in [3.63, 3.8) is 0 Å². The molecular weight excluding hydrogens is 332 g/mol. The average Bonchev–Trinajstić information content (AvgIpc) is 2.69. The third-order valence-electron chi connectivity index (χ3n) is 5.73. The minimum Gasteiger partial charge on any atom is -0.333 e. The lowest BCUT2D eigenvalue weighted by molar-refractivity contribution is -0.260. The van der Waals surface area contributed by atoms with Crippen LogP contribution in [0.3, 0.4) is 0 Å². The van der Waals surface area contributed by atoms with Crippen LogP contribution in [-0.2, 0) is 0 Å². The van der Waals surface area contributed by atoms with Crippen molar-refractivity contribution >= 4 is 11.8 Å². The number of amides is 2. The molecule has 0 atom stereocenters. The highest BCUT2D eigenvalue weighted by Crippen LogP contribution is 2.31. The Morgan fingerprint density at radius 2 is 1.08 bits per heavy atom. The molecule has 0 heterocycles. The molecule has 0 aliphatic heterocycles. The highest BCUT2D eigenvalue weighted by atomic mass is 16.8. The molecule has 2 aliphatic rings. The first-order valence-corrected chi connectivity index (χ1v) is 9.73. The van der Waals surface area contributed by atoms with Gasteiger partial charge in [-0.2, -0.15) is 0 Å². The average molecular weight is 360 g/mol. The van der Waals surface area contributed by atoms with Crippen molar-refractivity contribution in [1.29, 1.82) is 0 Å². The molecule has 6 heteroatoms. The van der Waals surface area contributed by atoms with E-state index >= 15 is 0 Å². The predicted octanol–water partition coefficient (Wildman–Crippen LogP) is 4.01. The zero-order chi connectivity index (χ0) is 18.5. The Labute approximate surface area is 154 Å². The Kier molecular flexibility index (Phi) is 6.27. The van der Waals surface area contributed by atoms with Crippen LogP contribution in [0, 0.1) is 0 Å². The van der Waals surface area contributed by atoms with E-state index in [1.165, 1.54) is 50.7 Å². The van der Waals surface area contributed by atoms with Gasteiger partial charge in [-0.15, -0.1) is 0 Å². The van der Waals surface area contributed by atoms with E-state index in [-0.39, 0.29) is 11.5 Å². The summed E-state index contributed by atoms with van der Waals surface area (Å²) < 4.78 is 0. The van der Waals surface area contributed by atoms with E-state index in [1.807, 2.05) is 0 Å². The second-order valence-corrected chi connectivity index (χ2v) is 7.47. The van der Waals surface area contributed by atoms with Gasteiger partial charge in [0.05, 0.1) is 0 Å². The fraction of sp³-hybridized carbons (Fsp3) is 0.600. The van der Waals surface area contributed by atoms with E-state index in [0.717, 1.165) is 25.7 Å². The molecule has 2 N–H and O–H groups in total. The van der Waals surface area contributed by atoms with E-state index in [9.17, 15) is 9.59 Å². The predicted molar refractivity (Wildman–Crippen MR) is 96.1 cm³/mol. The number of hydrogen-bond acceptors (Lipinski definition) is 4. The Morgan fingerprint density at radius 3 is 1.46 bits per heavy atom. The number of hydroxylamine groups is 2.